The van der Waals surface area contributed by atoms with E-state index in [-0.39, 0.29) is 12.5 Å². The fraction of sp³-hybridized carbons (Fsp3) is 0.455. The van der Waals surface area contributed by atoms with Crippen LogP contribution in [0, 0.1) is 0 Å². The zero-order valence-corrected chi connectivity index (χ0v) is 19.3. The summed E-state index contributed by atoms with van der Waals surface area (Å²) in [5.41, 5.74) is 5.92. The van der Waals surface area contributed by atoms with Gasteiger partial charge in [-0.2, -0.15) is 0 Å². The first-order valence-corrected chi connectivity index (χ1v) is 10.9. The van der Waals surface area contributed by atoms with Crippen molar-refractivity contribution < 1.29 is 30.2 Å². The van der Waals surface area contributed by atoms with Crippen LogP contribution in [0.4, 0.5) is 5.82 Å². The van der Waals surface area contributed by atoms with E-state index >= 15 is 0 Å². The van der Waals surface area contributed by atoms with Crippen LogP contribution < -0.4 is 20.7 Å². The summed E-state index contributed by atoms with van der Waals surface area (Å²) < 4.78 is 12.7. The molecular weight excluding hydrogens is 442 g/mol. The SMILES string of the molecule is COc1ccc(CC([NH3+])C(=O)N[C@@H]2[C@H](O)[C@@H](n3cnc4c(N(C)C)ncnc43)O[C@H]2CO)cc1. The van der Waals surface area contributed by atoms with Crippen molar-refractivity contribution in [2.75, 3.05) is 32.7 Å². The summed E-state index contributed by atoms with van der Waals surface area (Å²) in [6, 6.07) is 5.94. The third-order valence-corrected chi connectivity index (χ3v) is 5.91. The van der Waals surface area contributed by atoms with Crippen LogP contribution in [0.1, 0.15) is 11.8 Å². The predicted octanol–water partition coefficient (Wildman–Crippen LogP) is -1.51. The normalized spacial score (nSPS) is 23.1. The van der Waals surface area contributed by atoms with Crippen LogP contribution >= 0.6 is 0 Å². The first-order valence-electron chi connectivity index (χ1n) is 10.9. The second-order valence-electron chi connectivity index (χ2n) is 8.44. The van der Waals surface area contributed by atoms with Crippen molar-refractivity contribution >= 4 is 22.9 Å². The standard InChI is InChI=1S/C22H29N7O5/c1-28(2)19-17-20(25-10-24-19)29(11-26-17)22-18(31)16(15(9-30)34-22)27-21(32)14(23)8-12-4-6-13(33-3)7-5-12/h4-7,10-11,14-16,18,22,30-31H,8-9,23H2,1-3H3,(H,27,32)/p+1/t14?,15-,16-,18-,22-/m0/s1. The molecule has 2 aromatic heterocycles. The van der Waals surface area contributed by atoms with Gasteiger partial charge in [0.05, 0.1) is 26.1 Å². The smallest absolute Gasteiger partial charge is 0.278 e. The van der Waals surface area contributed by atoms with Gasteiger partial charge in [0.1, 0.15) is 24.3 Å². The highest BCUT2D eigenvalue weighted by atomic mass is 16.5. The number of hydrogen-bond donors (Lipinski definition) is 4. The van der Waals surface area contributed by atoms with Crippen LogP contribution in [0.25, 0.3) is 11.2 Å². The fourth-order valence-electron chi connectivity index (χ4n) is 4.08. The third kappa shape index (κ3) is 4.53. The minimum absolute atomic E-state index is 0.352. The number of methoxy groups -OCH3 is 1. The lowest BCUT2D eigenvalue weighted by Crippen LogP contribution is -2.70. The molecule has 4 rings (SSSR count). The average molecular weight is 473 g/mol. The highest BCUT2D eigenvalue weighted by Gasteiger charge is 2.46. The molecule has 1 aliphatic heterocycles. The van der Waals surface area contributed by atoms with E-state index in [9.17, 15) is 15.0 Å². The molecule has 3 heterocycles. The number of carbonyl (C=O) groups excluding carboxylic acids is 1. The Morgan fingerprint density at radius 1 is 1.29 bits per heavy atom. The molecule has 34 heavy (non-hydrogen) atoms. The predicted molar refractivity (Wildman–Crippen MR) is 122 cm³/mol. The van der Waals surface area contributed by atoms with Crippen LogP contribution in [0.2, 0.25) is 0 Å². The van der Waals surface area contributed by atoms with Crippen molar-refractivity contribution in [3.63, 3.8) is 0 Å². The van der Waals surface area contributed by atoms with Gasteiger partial charge in [0, 0.05) is 20.5 Å². The lowest BCUT2D eigenvalue weighted by Gasteiger charge is -2.22. The molecule has 0 radical (unpaired) electrons. The Kier molecular flexibility index (Phi) is 6.93. The van der Waals surface area contributed by atoms with Gasteiger partial charge in [0.25, 0.3) is 5.91 Å². The number of anilines is 1. The van der Waals surface area contributed by atoms with E-state index in [1.54, 1.807) is 11.7 Å². The molecule has 1 unspecified atom stereocenters. The summed E-state index contributed by atoms with van der Waals surface area (Å²) >= 11 is 0. The number of imidazole rings is 1. The van der Waals surface area contributed by atoms with Crippen molar-refractivity contribution in [3.8, 4) is 5.75 Å². The zero-order chi connectivity index (χ0) is 24.4. The molecule has 5 atom stereocenters. The number of benzene rings is 1. The summed E-state index contributed by atoms with van der Waals surface area (Å²) in [4.78, 5) is 27.6. The first kappa shape index (κ1) is 23.8. The summed E-state index contributed by atoms with van der Waals surface area (Å²) in [5.74, 6) is 1.00. The first-order chi connectivity index (χ1) is 16.3. The second-order valence-corrected chi connectivity index (χ2v) is 8.44. The van der Waals surface area contributed by atoms with Gasteiger partial charge in [-0.15, -0.1) is 0 Å². The Hall–Kier alpha value is -3.32. The number of rotatable bonds is 8. The second kappa shape index (κ2) is 9.89. The lowest BCUT2D eigenvalue weighted by molar-refractivity contribution is -0.403. The van der Waals surface area contributed by atoms with Gasteiger partial charge in [0.15, 0.2) is 29.3 Å². The van der Waals surface area contributed by atoms with Crippen molar-refractivity contribution in [1.29, 1.82) is 0 Å². The molecule has 0 saturated carbocycles. The number of aliphatic hydroxyl groups excluding tert-OH is 2. The summed E-state index contributed by atoms with van der Waals surface area (Å²) in [7, 11) is 5.28. The van der Waals surface area contributed by atoms with Crippen molar-refractivity contribution in [1.82, 2.24) is 24.8 Å². The number of nitrogens with zero attached hydrogens (tertiary/aromatic N) is 5. The number of quaternary nitrogens is 1. The maximum absolute atomic E-state index is 12.9. The Morgan fingerprint density at radius 3 is 2.68 bits per heavy atom. The molecule has 0 bridgehead atoms. The van der Waals surface area contributed by atoms with E-state index in [2.05, 4.69) is 26.0 Å². The van der Waals surface area contributed by atoms with E-state index in [0.717, 1.165) is 11.3 Å². The Balaban J connectivity index is 1.49. The molecule has 1 fully saturated rings. The number of ether oxygens (including phenoxy) is 2. The monoisotopic (exact) mass is 472 g/mol. The van der Waals surface area contributed by atoms with Crippen LogP contribution in [0.3, 0.4) is 0 Å². The molecule has 12 heteroatoms. The minimum Gasteiger partial charge on any atom is -0.497 e. The Bertz CT molecular complexity index is 1140. The number of hydrogen-bond acceptors (Lipinski definition) is 9. The van der Waals surface area contributed by atoms with Crippen molar-refractivity contribution in [2.24, 2.45) is 0 Å². The van der Waals surface area contributed by atoms with Gasteiger partial charge in [-0.25, -0.2) is 15.0 Å². The molecule has 12 nitrogen and oxygen atoms in total. The Labute approximate surface area is 196 Å². The van der Waals surface area contributed by atoms with Gasteiger partial charge < -0.3 is 35.6 Å². The highest BCUT2D eigenvalue weighted by Crippen LogP contribution is 2.32. The summed E-state index contributed by atoms with van der Waals surface area (Å²) in [6.45, 7) is -0.386. The maximum atomic E-state index is 12.9. The largest absolute Gasteiger partial charge is 0.497 e. The molecular formula is C22H30N7O5+. The minimum atomic E-state index is -1.15. The van der Waals surface area contributed by atoms with Gasteiger partial charge >= 0.3 is 0 Å². The third-order valence-electron chi connectivity index (χ3n) is 5.91. The summed E-state index contributed by atoms with van der Waals surface area (Å²) in [5, 5.41) is 23.7. The molecule has 1 aliphatic rings. The lowest BCUT2D eigenvalue weighted by atomic mass is 10.0. The number of nitrogens with one attached hydrogen (secondary N) is 1. The number of aromatic nitrogens is 4. The van der Waals surface area contributed by atoms with E-state index in [4.69, 9.17) is 9.47 Å². The van der Waals surface area contributed by atoms with Crippen LogP contribution in [0.5, 0.6) is 5.75 Å². The molecule has 182 valence electrons. The van der Waals surface area contributed by atoms with Gasteiger partial charge in [-0.05, 0) is 17.7 Å². The fourth-order valence-corrected chi connectivity index (χ4v) is 4.08. The van der Waals surface area contributed by atoms with Crippen LogP contribution in [-0.4, -0.2) is 87.7 Å². The van der Waals surface area contributed by atoms with E-state index in [0.29, 0.717) is 23.4 Å². The molecule has 0 aliphatic carbocycles. The molecule has 1 saturated heterocycles. The molecule has 0 spiro atoms. The van der Waals surface area contributed by atoms with Gasteiger partial charge in [-0.1, -0.05) is 12.1 Å². The van der Waals surface area contributed by atoms with Crippen LogP contribution in [-0.2, 0) is 16.0 Å². The van der Waals surface area contributed by atoms with E-state index in [1.165, 1.54) is 12.7 Å². The number of carbonyl (C=O) groups is 1. The van der Waals surface area contributed by atoms with E-state index in [1.807, 2.05) is 43.3 Å². The number of amides is 1. The Morgan fingerprint density at radius 2 is 2.03 bits per heavy atom. The van der Waals surface area contributed by atoms with Gasteiger partial charge in [0.2, 0.25) is 0 Å². The molecule has 1 amide bonds. The average Bonchev–Trinajstić information content (AvgIpc) is 3.40. The topological polar surface area (TPSA) is 162 Å². The molecule has 3 aromatic rings. The number of fused-ring (bicyclic) bond motifs is 1. The van der Waals surface area contributed by atoms with Crippen molar-refractivity contribution in [3.05, 3.63) is 42.5 Å². The van der Waals surface area contributed by atoms with E-state index < -0.39 is 30.5 Å². The molecule has 1 aromatic carbocycles. The number of aliphatic hydroxyl groups is 2. The highest BCUT2D eigenvalue weighted by molar-refractivity contribution is 5.83. The zero-order valence-electron chi connectivity index (χ0n) is 19.3. The summed E-state index contributed by atoms with van der Waals surface area (Å²) in [6.07, 6.45) is 0.457. The maximum Gasteiger partial charge on any atom is 0.278 e. The van der Waals surface area contributed by atoms with Crippen molar-refractivity contribution in [2.45, 2.75) is 36.9 Å². The molecule has 6 N–H and O–H groups in total. The quantitative estimate of drug-likeness (QED) is 0.305. The van der Waals surface area contributed by atoms with Gasteiger partial charge in [-0.3, -0.25) is 9.36 Å². The van der Waals surface area contributed by atoms with Crippen LogP contribution in [0.15, 0.2) is 36.9 Å².